The van der Waals surface area contributed by atoms with Crippen LogP contribution in [0.5, 0.6) is 5.75 Å². The highest BCUT2D eigenvalue weighted by atomic mass is 16.5. The Hall–Kier alpha value is -2.55. The highest BCUT2D eigenvalue weighted by Gasteiger charge is 2.13. The van der Waals surface area contributed by atoms with Crippen LogP contribution in [-0.4, -0.2) is 4.98 Å². The van der Waals surface area contributed by atoms with Crippen molar-refractivity contribution in [2.75, 3.05) is 0 Å². The van der Waals surface area contributed by atoms with Crippen LogP contribution in [0.15, 0.2) is 52.9 Å². The Morgan fingerprint density at radius 1 is 1.04 bits per heavy atom. The van der Waals surface area contributed by atoms with Crippen LogP contribution in [-0.2, 0) is 13.0 Å². The van der Waals surface area contributed by atoms with E-state index in [9.17, 15) is 0 Å². The smallest absolute Gasteiger partial charge is 0.226 e. The first-order valence-electron chi connectivity index (χ1n) is 7.91. The van der Waals surface area contributed by atoms with Gasteiger partial charge in [0.05, 0.1) is 0 Å². The molecule has 0 atom stereocenters. The van der Waals surface area contributed by atoms with E-state index >= 15 is 0 Å². The Morgan fingerprint density at radius 2 is 1.87 bits per heavy atom. The van der Waals surface area contributed by atoms with Crippen LogP contribution in [0, 0.1) is 13.8 Å². The van der Waals surface area contributed by atoms with Gasteiger partial charge in [-0.2, -0.15) is 0 Å². The number of ether oxygens (including phenoxy) is 1. The lowest BCUT2D eigenvalue weighted by Crippen LogP contribution is -1.98. The average molecular weight is 307 g/mol. The molecule has 0 N–H and O–H groups in total. The number of hydrogen-bond donors (Lipinski definition) is 0. The zero-order valence-corrected chi connectivity index (χ0v) is 13.8. The summed E-state index contributed by atoms with van der Waals surface area (Å²) in [4.78, 5) is 4.61. The van der Waals surface area contributed by atoms with Crippen molar-refractivity contribution in [3.05, 3.63) is 71.1 Å². The molecular formula is C20H21NO2. The van der Waals surface area contributed by atoms with Crippen molar-refractivity contribution in [3.63, 3.8) is 0 Å². The second-order valence-electron chi connectivity index (χ2n) is 5.63. The molecule has 2 aromatic carbocycles. The summed E-state index contributed by atoms with van der Waals surface area (Å²) in [5.74, 6) is 2.32. The van der Waals surface area contributed by atoms with E-state index in [0.29, 0.717) is 12.5 Å². The van der Waals surface area contributed by atoms with Crippen LogP contribution in [0.1, 0.15) is 29.5 Å². The van der Waals surface area contributed by atoms with Crippen molar-refractivity contribution in [2.45, 2.75) is 33.8 Å². The van der Waals surface area contributed by atoms with Gasteiger partial charge in [0.2, 0.25) is 5.89 Å². The summed E-state index contributed by atoms with van der Waals surface area (Å²) in [5.41, 5.74) is 4.27. The molecule has 0 unspecified atom stereocenters. The lowest BCUT2D eigenvalue weighted by molar-refractivity contribution is 0.299. The third-order valence-corrected chi connectivity index (χ3v) is 3.95. The summed E-state index contributed by atoms with van der Waals surface area (Å²) < 4.78 is 11.7. The zero-order valence-electron chi connectivity index (χ0n) is 13.8. The molecular weight excluding hydrogens is 286 g/mol. The fraction of sp³-hybridized carbons (Fsp3) is 0.250. The van der Waals surface area contributed by atoms with E-state index in [0.717, 1.165) is 34.8 Å². The number of hydrogen-bond acceptors (Lipinski definition) is 3. The molecule has 3 nitrogen and oxygen atoms in total. The van der Waals surface area contributed by atoms with Gasteiger partial charge in [-0.15, -0.1) is 0 Å². The highest BCUT2D eigenvalue weighted by molar-refractivity contribution is 5.58. The summed E-state index contributed by atoms with van der Waals surface area (Å²) in [6.45, 7) is 6.53. The van der Waals surface area contributed by atoms with E-state index in [1.807, 2.05) is 37.3 Å². The molecule has 3 heteroatoms. The maximum Gasteiger partial charge on any atom is 0.226 e. The molecule has 1 aromatic heterocycles. The van der Waals surface area contributed by atoms with Crippen LogP contribution in [0.4, 0.5) is 0 Å². The normalized spacial score (nSPS) is 10.7. The van der Waals surface area contributed by atoms with E-state index in [1.165, 1.54) is 5.56 Å². The molecule has 0 spiro atoms. The number of aromatic nitrogens is 1. The third-order valence-electron chi connectivity index (χ3n) is 3.95. The monoisotopic (exact) mass is 307 g/mol. The van der Waals surface area contributed by atoms with Gasteiger partial charge in [-0.3, -0.25) is 0 Å². The van der Waals surface area contributed by atoms with Crippen molar-refractivity contribution in [2.24, 2.45) is 0 Å². The Balaban J connectivity index is 1.78. The first-order chi connectivity index (χ1) is 11.2. The Kier molecular flexibility index (Phi) is 4.47. The van der Waals surface area contributed by atoms with Gasteiger partial charge in [-0.05, 0) is 49.6 Å². The Labute approximate surface area is 136 Å². The third kappa shape index (κ3) is 3.45. The molecule has 0 aliphatic rings. The molecule has 118 valence electrons. The van der Waals surface area contributed by atoms with Crippen LogP contribution in [0.2, 0.25) is 0 Å². The number of nitrogens with zero attached hydrogens (tertiary/aromatic N) is 1. The first kappa shape index (κ1) is 15.3. The van der Waals surface area contributed by atoms with Gasteiger partial charge in [-0.25, -0.2) is 4.98 Å². The minimum Gasteiger partial charge on any atom is -0.487 e. The second kappa shape index (κ2) is 6.69. The quantitative estimate of drug-likeness (QED) is 0.658. The summed E-state index contributed by atoms with van der Waals surface area (Å²) in [5, 5.41) is 0. The molecule has 0 amide bonds. The fourth-order valence-corrected chi connectivity index (χ4v) is 2.50. The summed E-state index contributed by atoms with van der Waals surface area (Å²) in [7, 11) is 0. The average Bonchev–Trinajstić information content (AvgIpc) is 2.94. The van der Waals surface area contributed by atoms with Crippen LogP contribution in [0.25, 0.3) is 11.5 Å². The minimum atomic E-state index is 0.411. The maximum atomic E-state index is 5.87. The van der Waals surface area contributed by atoms with E-state index in [1.54, 1.807) is 0 Å². The fourth-order valence-electron chi connectivity index (χ4n) is 2.50. The van der Waals surface area contributed by atoms with Gasteiger partial charge in [0.25, 0.3) is 0 Å². The van der Waals surface area contributed by atoms with E-state index < -0.39 is 0 Å². The van der Waals surface area contributed by atoms with Crippen molar-refractivity contribution < 1.29 is 9.15 Å². The van der Waals surface area contributed by atoms with Crippen LogP contribution < -0.4 is 4.74 Å². The minimum absolute atomic E-state index is 0.411. The van der Waals surface area contributed by atoms with Crippen molar-refractivity contribution in [1.29, 1.82) is 0 Å². The number of aryl methyl sites for hydroxylation is 3. The van der Waals surface area contributed by atoms with E-state index in [-0.39, 0.29) is 0 Å². The maximum absolute atomic E-state index is 5.87. The Morgan fingerprint density at radius 3 is 2.65 bits per heavy atom. The van der Waals surface area contributed by atoms with Gasteiger partial charge >= 0.3 is 0 Å². The molecule has 23 heavy (non-hydrogen) atoms. The highest BCUT2D eigenvalue weighted by Crippen LogP contribution is 2.25. The van der Waals surface area contributed by atoms with Crippen LogP contribution >= 0.6 is 0 Å². The molecule has 1 heterocycles. The predicted octanol–water partition coefficient (Wildman–Crippen LogP) is 5.10. The Bertz CT molecular complexity index is 805. The standard InChI is InChI=1S/C20H21NO2/c1-4-16-9-7-10-17(12-16)22-13-19-15(3)23-20(21-19)18-11-6-5-8-14(18)2/h5-12H,4,13H2,1-3H3. The lowest BCUT2D eigenvalue weighted by Gasteiger charge is -2.05. The lowest BCUT2D eigenvalue weighted by atomic mass is 10.1. The first-order valence-corrected chi connectivity index (χ1v) is 7.91. The molecule has 3 aromatic rings. The predicted molar refractivity (Wildman–Crippen MR) is 91.6 cm³/mol. The molecule has 0 aliphatic carbocycles. The second-order valence-corrected chi connectivity index (χ2v) is 5.63. The topological polar surface area (TPSA) is 35.3 Å². The molecule has 0 bridgehead atoms. The molecule has 3 rings (SSSR count). The SMILES string of the molecule is CCc1cccc(OCc2nc(-c3ccccc3C)oc2C)c1. The summed E-state index contributed by atoms with van der Waals surface area (Å²) in [6, 6.07) is 16.2. The molecule has 0 saturated heterocycles. The molecule has 0 fully saturated rings. The van der Waals surface area contributed by atoms with Gasteiger partial charge in [-0.1, -0.05) is 37.3 Å². The zero-order chi connectivity index (χ0) is 16.2. The van der Waals surface area contributed by atoms with Crippen molar-refractivity contribution in [3.8, 4) is 17.2 Å². The van der Waals surface area contributed by atoms with E-state index in [4.69, 9.17) is 9.15 Å². The van der Waals surface area contributed by atoms with Gasteiger partial charge in [0, 0.05) is 5.56 Å². The summed E-state index contributed by atoms with van der Waals surface area (Å²) >= 11 is 0. The summed E-state index contributed by atoms with van der Waals surface area (Å²) in [6.07, 6.45) is 0.998. The van der Waals surface area contributed by atoms with Crippen molar-refractivity contribution in [1.82, 2.24) is 4.98 Å². The largest absolute Gasteiger partial charge is 0.487 e. The molecule has 0 saturated carbocycles. The molecule has 0 radical (unpaired) electrons. The van der Waals surface area contributed by atoms with Crippen LogP contribution in [0.3, 0.4) is 0 Å². The van der Waals surface area contributed by atoms with Gasteiger partial charge in [0.1, 0.15) is 23.8 Å². The van der Waals surface area contributed by atoms with Crippen molar-refractivity contribution >= 4 is 0 Å². The molecule has 0 aliphatic heterocycles. The van der Waals surface area contributed by atoms with Gasteiger partial charge < -0.3 is 9.15 Å². The number of rotatable bonds is 5. The van der Waals surface area contributed by atoms with E-state index in [2.05, 4.69) is 37.0 Å². The van der Waals surface area contributed by atoms with Gasteiger partial charge in [0.15, 0.2) is 0 Å². The number of benzene rings is 2. The number of oxazole rings is 1.